The molecule has 23 heavy (non-hydrogen) atoms. The van der Waals surface area contributed by atoms with Gasteiger partial charge in [0, 0.05) is 6.26 Å². The van der Waals surface area contributed by atoms with Gasteiger partial charge in [0.05, 0.1) is 4.90 Å². The van der Waals surface area contributed by atoms with Crippen LogP contribution in [0.3, 0.4) is 0 Å². The van der Waals surface area contributed by atoms with Gasteiger partial charge in [-0.2, -0.15) is 0 Å². The molecule has 2 atom stereocenters. The normalized spacial score (nSPS) is 22.0. The molecule has 2 unspecified atom stereocenters. The van der Waals surface area contributed by atoms with E-state index in [1.165, 1.54) is 43.1 Å². The minimum atomic E-state index is -3.10. The lowest BCUT2D eigenvalue weighted by Crippen LogP contribution is -2.16. The monoisotopic (exact) mass is 328 g/mol. The van der Waals surface area contributed by atoms with E-state index < -0.39 is 9.84 Å². The van der Waals surface area contributed by atoms with Crippen molar-refractivity contribution >= 4 is 9.84 Å². The molecular formula is C20H24O2S. The van der Waals surface area contributed by atoms with Gasteiger partial charge in [0.15, 0.2) is 9.84 Å². The summed E-state index contributed by atoms with van der Waals surface area (Å²) in [6.07, 6.45) is 7.39. The Morgan fingerprint density at radius 3 is 2.30 bits per heavy atom. The Bertz CT molecular complexity index is 733. The molecule has 3 rings (SSSR count). The van der Waals surface area contributed by atoms with Crippen LogP contribution in [0, 0.1) is 5.92 Å². The second kappa shape index (κ2) is 6.88. The van der Waals surface area contributed by atoms with E-state index in [-0.39, 0.29) is 0 Å². The van der Waals surface area contributed by atoms with Crippen LogP contribution in [0.1, 0.15) is 42.7 Å². The third-order valence-corrected chi connectivity index (χ3v) is 6.06. The van der Waals surface area contributed by atoms with Gasteiger partial charge in [-0.25, -0.2) is 8.42 Å². The highest BCUT2D eigenvalue weighted by molar-refractivity contribution is 7.90. The molecule has 0 aromatic heterocycles. The van der Waals surface area contributed by atoms with Gasteiger partial charge in [-0.05, 0) is 54.4 Å². The maximum absolute atomic E-state index is 11.6. The molecular weight excluding hydrogens is 304 g/mol. The fraction of sp³-hybridized carbons (Fsp3) is 0.400. The Kier molecular flexibility index (Phi) is 4.86. The molecule has 1 fully saturated rings. The summed E-state index contributed by atoms with van der Waals surface area (Å²) in [7, 11) is -3.10. The van der Waals surface area contributed by atoms with Crippen molar-refractivity contribution in [2.75, 3.05) is 6.26 Å². The van der Waals surface area contributed by atoms with Gasteiger partial charge in [-0.15, -0.1) is 0 Å². The first-order chi connectivity index (χ1) is 11.0. The lowest BCUT2D eigenvalue weighted by Gasteiger charge is -2.29. The molecule has 0 radical (unpaired) electrons. The summed E-state index contributed by atoms with van der Waals surface area (Å²) >= 11 is 0. The zero-order valence-electron chi connectivity index (χ0n) is 13.6. The Hall–Kier alpha value is -1.61. The van der Waals surface area contributed by atoms with Crippen LogP contribution < -0.4 is 0 Å². The topological polar surface area (TPSA) is 34.1 Å². The summed E-state index contributed by atoms with van der Waals surface area (Å²) in [6.45, 7) is 0. The second-order valence-corrected chi connectivity index (χ2v) is 8.78. The van der Waals surface area contributed by atoms with E-state index in [9.17, 15) is 8.42 Å². The maximum atomic E-state index is 11.6. The van der Waals surface area contributed by atoms with Gasteiger partial charge in [0.2, 0.25) is 0 Å². The molecule has 2 aromatic carbocycles. The SMILES string of the molecule is CS(=O)(=O)c1ccc(C2CCCC(Cc3ccccc3)C2)cc1. The Balaban J connectivity index is 1.68. The highest BCUT2D eigenvalue weighted by atomic mass is 32.2. The summed E-state index contributed by atoms with van der Waals surface area (Å²) in [6, 6.07) is 18.2. The van der Waals surface area contributed by atoms with Gasteiger partial charge in [0.25, 0.3) is 0 Å². The molecule has 0 heterocycles. The van der Waals surface area contributed by atoms with Crippen molar-refractivity contribution in [1.82, 2.24) is 0 Å². The molecule has 2 nitrogen and oxygen atoms in total. The first-order valence-electron chi connectivity index (χ1n) is 8.36. The van der Waals surface area contributed by atoms with E-state index in [1.54, 1.807) is 12.1 Å². The predicted octanol–water partition coefficient (Wildman–Crippen LogP) is 4.61. The van der Waals surface area contributed by atoms with Crippen molar-refractivity contribution in [1.29, 1.82) is 0 Å². The number of sulfone groups is 1. The van der Waals surface area contributed by atoms with Crippen LogP contribution in [-0.4, -0.2) is 14.7 Å². The van der Waals surface area contributed by atoms with Crippen LogP contribution in [0.15, 0.2) is 59.5 Å². The van der Waals surface area contributed by atoms with Crippen LogP contribution in [0.2, 0.25) is 0 Å². The van der Waals surface area contributed by atoms with Crippen molar-refractivity contribution in [2.45, 2.75) is 42.9 Å². The van der Waals surface area contributed by atoms with Crippen LogP contribution >= 0.6 is 0 Å². The number of hydrogen-bond acceptors (Lipinski definition) is 2. The Morgan fingerprint density at radius 2 is 1.65 bits per heavy atom. The quantitative estimate of drug-likeness (QED) is 0.821. The van der Waals surface area contributed by atoms with Crippen molar-refractivity contribution in [3.05, 3.63) is 65.7 Å². The highest BCUT2D eigenvalue weighted by Crippen LogP contribution is 2.37. The fourth-order valence-corrected chi connectivity index (χ4v) is 4.34. The largest absolute Gasteiger partial charge is 0.224 e. The van der Waals surface area contributed by atoms with Crippen molar-refractivity contribution in [3.8, 4) is 0 Å². The standard InChI is InChI=1S/C20H24O2S/c1-23(21,22)20-12-10-18(11-13-20)19-9-5-8-17(15-19)14-16-6-3-2-4-7-16/h2-4,6-7,10-13,17,19H,5,8-9,14-15H2,1H3. The van der Waals surface area contributed by atoms with Crippen LogP contribution in [0.25, 0.3) is 0 Å². The molecule has 0 N–H and O–H groups in total. The van der Waals surface area contributed by atoms with Crippen LogP contribution in [0.4, 0.5) is 0 Å². The van der Waals surface area contributed by atoms with E-state index in [0.717, 1.165) is 12.3 Å². The lowest BCUT2D eigenvalue weighted by molar-refractivity contribution is 0.320. The van der Waals surface area contributed by atoms with E-state index >= 15 is 0 Å². The van der Waals surface area contributed by atoms with E-state index in [0.29, 0.717) is 10.8 Å². The first-order valence-corrected chi connectivity index (χ1v) is 10.3. The second-order valence-electron chi connectivity index (χ2n) is 6.76. The third-order valence-electron chi connectivity index (χ3n) is 4.93. The molecule has 0 amide bonds. The molecule has 0 aliphatic heterocycles. The lowest BCUT2D eigenvalue weighted by atomic mass is 9.76. The average Bonchev–Trinajstić information content (AvgIpc) is 2.55. The van der Waals surface area contributed by atoms with E-state index in [2.05, 4.69) is 30.3 Å². The zero-order valence-corrected chi connectivity index (χ0v) is 14.4. The molecule has 2 aromatic rings. The molecule has 122 valence electrons. The summed E-state index contributed by atoms with van der Waals surface area (Å²) < 4.78 is 23.2. The van der Waals surface area contributed by atoms with Gasteiger partial charge in [-0.1, -0.05) is 55.3 Å². The molecule has 0 spiro atoms. The van der Waals surface area contributed by atoms with Gasteiger partial charge < -0.3 is 0 Å². The zero-order chi connectivity index (χ0) is 16.3. The minimum absolute atomic E-state index is 0.415. The molecule has 1 saturated carbocycles. The van der Waals surface area contributed by atoms with Crippen LogP contribution in [0.5, 0.6) is 0 Å². The Morgan fingerprint density at radius 1 is 0.957 bits per heavy atom. The fourth-order valence-electron chi connectivity index (χ4n) is 3.71. The van der Waals surface area contributed by atoms with Crippen molar-refractivity contribution < 1.29 is 8.42 Å². The summed E-state index contributed by atoms with van der Waals surface area (Å²) in [4.78, 5) is 0.415. The van der Waals surface area contributed by atoms with E-state index in [1.807, 2.05) is 12.1 Å². The number of hydrogen-bond donors (Lipinski definition) is 0. The van der Waals surface area contributed by atoms with Gasteiger partial charge >= 0.3 is 0 Å². The highest BCUT2D eigenvalue weighted by Gasteiger charge is 2.23. The predicted molar refractivity (Wildman–Crippen MR) is 94.4 cm³/mol. The molecule has 0 saturated heterocycles. The Labute approximate surface area is 139 Å². The van der Waals surface area contributed by atoms with Gasteiger partial charge in [0.1, 0.15) is 0 Å². The van der Waals surface area contributed by atoms with Crippen LogP contribution in [-0.2, 0) is 16.3 Å². The summed E-state index contributed by atoms with van der Waals surface area (Å²) in [5.74, 6) is 1.29. The first kappa shape index (κ1) is 16.3. The molecule has 3 heteroatoms. The van der Waals surface area contributed by atoms with Gasteiger partial charge in [-0.3, -0.25) is 0 Å². The number of rotatable bonds is 4. The molecule has 1 aliphatic carbocycles. The molecule has 0 bridgehead atoms. The third kappa shape index (κ3) is 4.23. The average molecular weight is 328 g/mol. The maximum Gasteiger partial charge on any atom is 0.175 e. The summed E-state index contributed by atoms with van der Waals surface area (Å²) in [5.41, 5.74) is 2.71. The minimum Gasteiger partial charge on any atom is -0.224 e. The molecule has 1 aliphatic rings. The van der Waals surface area contributed by atoms with E-state index in [4.69, 9.17) is 0 Å². The summed E-state index contributed by atoms with van der Waals surface area (Å²) in [5, 5.41) is 0. The van der Waals surface area contributed by atoms with Crippen molar-refractivity contribution in [2.24, 2.45) is 5.92 Å². The van der Waals surface area contributed by atoms with Crippen molar-refractivity contribution in [3.63, 3.8) is 0 Å². The smallest absolute Gasteiger partial charge is 0.175 e. The number of benzene rings is 2.